The molecule has 0 saturated heterocycles. The molecule has 0 saturated carbocycles. The van der Waals surface area contributed by atoms with Crippen LogP contribution in [0, 0.1) is 0 Å². The molecule has 0 radical (unpaired) electrons. The molecule has 122 valence electrons. The number of benzene rings is 2. The highest BCUT2D eigenvalue weighted by atomic mass is 35.5. The third-order valence-corrected chi connectivity index (χ3v) is 5.86. The standard InChI is InChI=1S/C16H16ClNO4S/c17-13-6-3-7-14(15(13)19)23(21,22)18-10-16(20)9-8-11-4-1-2-5-12(11)16/h1-7,18-20H,8-10H2. The molecule has 0 bridgehead atoms. The number of fused-ring (bicyclic) bond motifs is 1. The number of halogens is 1. The minimum absolute atomic E-state index is 0.0437. The van der Waals surface area contributed by atoms with Crippen LogP contribution in [-0.4, -0.2) is 25.2 Å². The van der Waals surface area contributed by atoms with Gasteiger partial charge in [-0.05, 0) is 36.1 Å². The van der Waals surface area contributed by atoms with Crippen LogP contribution in [0.25, 0.3) is 0 Å². The molecular weight excluding hydrogens is 338 g/mol. The van der Waals surface area contributed by atoms with E-state index < -0.39 is 21.4 Å². The Balaban J connectivity index is 1.85. The molecule has 0 fully saturated rings. The van der Waals surface area contributed by atoms with Gasteiger partial charge in [-0.25, -0.2) is 13.1 Å². The molecule has 0 spiro atoms. The second kappa shape index (κ2) is 5.79. The highest BCUT2D eigenvalue weighted by Crippen LogP contribution is 2.37. The molecule has 2 aromatic rings. The summed E-state index contributed by atoms with van der Waals surface area (Å²) in [6.45, 7) is -0.168. The first-order valence-electron chi connectivity index (χ1n) is 7.11. The number of rotatable bonds is 4. The van der Waals surface area contributed by atoms with E-state index in [0.29, 0.717) is 12.8 Å². The molecule has 2 aromatic carbocycles. The summed E-state index contributed by atoms with van der Waals surface area (Å²) in [5, 5.41) is 20.6. The quantitative estimate of drug-likeness (QED) is 0.786. The highest BCUT2D eigenvalue weighted by molar-refractivity contribution is 7.89. The van der Waals surface area contributed by atoms with Gasteiger partial charge in [0.15, 0.2) is 5.75 Å². The Hall–Kier alpha value is -1.60. The van der Waals surface area contributed by atoms with Gasteiger partial charge in [0.2, 0.25) is 10.0 Å². The van der Waals surface area contributed by atoms with Crippen molar-refractivity contribution in [3.05, 3.63) is 58.6 Å². The van der Waals surface area contributed by atoms with Crippen LogP contribution < -0.4 is 4.72 Å². The monoisotopic (exact) mass is 353 g/mol. The number of hydrogen-bond acceptors (Lipinski definition) is 4. The van der Waals surface area contributed by atoms with E-state index in [2.05, 4.69) is 4.72 Å². The van der Waals surface area contributed by atoms with Crippen LogP contribution in [-0.2, 0) is 22.0 Å². The predicted molar refractivity (Wildman–Crippen MR) is 87.0 cm³/mol. The smallest absolute Gasteiger partial charge is 0.244 e. The zero-order valence-corrected chi connectivity index (χ0v) is 13.7. The molecule has 0 heterocycles. The molecule has 23 heavy (non-hydrogen) atoms. The van der Waals surface area contributed by atoms with Crippen LogP contribution >= 0.6 is 11.6 Å². The van der Waals surface area contributed by atoms with Crippen LogP contribution in [0.5, 0.6) is 5.75 Å². The average molecular weight is 354 g/mol. The lowest BCUT2D eigenvalue weighted by atomic mass is 9.96. The summed E-state index contributed by atoms with van der Waals surface area (Å²) in [4.78, 5) is -0.306. The van der Waals surface area contributed by atoms with Crippen molar-refractivity contribution >= 4 is 21.6 Å². The fourth-order valence-corrected chi connectivity index (χ4v) is 4.29. The van der Waals surface area contributed by atoms with Crippen molar-refractivity contribution < 1.29 is 18.6 Å². The molecule has 1 atom stereocenters. The summed E-state index contributed by atoms with van der Waals surface area (Å²) in [5.74, 6) is -0.500. The Bertz CT molecular complexity index is 853. The fraction of sp³-hybridized carbons (Fsp3) is 0.250. The lowest BCUT2D eigenvalue weighted by Crippen LogP contribution is -2.39. The van der Waals surface area contributed by atoms with Crippen LogP contribution in [0.4, 0.5) is 0 Å². The van der Waals surface area contributed by atoms with Gasteiger partial charge in [0, 0.05) is 6.54 Å². The Morgan fingerprint density at radius 2 is 1.91 bits per heavy atom. The largest absolute Gasteiger partial charge is 0.505 e. The van der Waals surface area contributed by atoms with Crippen molar-refractivity contribution in [2.24, 2.45) is 0 Å². The van der Waals surface area contributed by atoms with Crippen molar-refractivity contribution in [3.8, 4) is 5.75 Å². The van der Waals surface area contributed by atoms with Gasteiger partial charge in [-0.3, -0.25) is 0 Å². The van der Waals surface area contributed by atoms with E-state index >= 15 is 0 Å². The lowest BCUT2D eigenvalue weighted by molar-refractivity contribution is 0.0442. The molecule has 0 amide bonds. The minimum Gasteiger partial charge on any atom is -0.505 e. The predicted octanol–water partition coefficient (Wildman–Crippen LogP) is 2.16. The van der Waals surface area contributed by atoms with Crippen molar-refractivity contribution in [1.29, 1.82) is 0 Å². The third-order valence-electron chi connectivity index (χ3n) is 4.12. The zero-order chi connectivity index (χ0) is 16.7. The number of hydrogen-bond donors (Lipinski definition) is 3. The zero-order valence-electron chi connectivity index (χ0n) is 12.2. The van der Waals surface area contributed by atoms with Gasteiger partial charge < -0.3 is 10.2 Å². The molecule has 1 aliphatic rings. The Morgan fingerprint density at radius 3 is 2.70 bits per heavy atom. The molecule has 7 heteroatoms. The summed E-state index contributed by atoms with van der Waals surface area (Å²) < 4.78 is 27.1. The maximum Gasteiger partial charge on any atom is 0.244 e. The normalized spacial score (nSPS) is 20.4. The van der Waals surface area contributed by atoms with Crippen molar-refractivity contribution in [1.82, 2.24) is 4.72 Å². The Kier molecular flexibility index (Phi) is 4.10. The van der Waals surface area contributed by atoms with Gasteiger partial charge in [-0.1, -0.05) is 41.9 Å². The third kappa shape index (κ3) is 2.95. The number of phenolic OH excluding ortho intramolecular Hbond substituents is 1. The molecule has 0 aromatic heterocycles. The summed E-state index contributed by atoms with van der Waals surface area (Å²) in [6.07, 6.45) is 1.13. The molecule has 0 aliphatic heterocycles. The first kappa shape index (κ1) is 16.3. The number of aryl methyl sites for hydroxylation is 1. The fourth-order valence-electron chi connectivity index (χ4n) is 2.86. The number of nitrogens with one attached hydrogen (secondary N) is 1. The number of sulfonamides is 1. The Labute approximate surface area is 139 Å². The maximum atomic E-state index is 12.4. The number of aliphatic hydroxyl groups is 1. The first-order chi connectivity index (χ1) is 10.8. The SMILES string of the molecule is O=S(=O)(NCC1(O)CCc2ccccc21)c1cccc(Cl)c1O. The highest BCUT2D eigenvalue weighted by Gasteiger charge is 2.37. The van der Waals surface area contributed by atoms with Gasteiger partial charge >= 0.3 is 0 Å². The van der Waals surface area contributed by atoms with E-state index in [-0.39, 0.29) is 16.5 Å². The van der Waals surface area contributed by atoms with E-state index in [4.69, 9.17) is 11.6 Å². The van der Waals surface area contributed by atoms with Crippen LogP contribution in [0.15, 0.2) is 47.4 Å². The second-order valence-corrected chi connectivity index (χ2v) is 7.74. The molecule has 1 aliphatic carbocycles. The molecular formula is C16H16ClNO4S. The van der Waals surface area contributed by atoms with Crippen molar-refractivity contribution in [2.75, 3.05) is 6.54 Å². The maximum absolute atomic E-state index is 12.4. The number of para-hydroxylation sites is 1. The van der Waals surface area contributed by atoms with Crippen molar-refractivity contribution in [3.63, 3.8) is 0 Å². The number of aromatic hydroxyl groups is 1. The van der Waals surface area contributed by atoms with E-state index in [0.717, 1.165) is 11.1 Å². The van der Waals surface area contributed by atoms with E-state index in [9.17, 15) is 18.6 Å². The average Bonchev–Trinajstić information content (AvgIpc) is 2.87. The topological polar surface area (TPSA) is 86.6 Å². The summed E-state index contributed by atoms with van der Waals surface area (Å²) in [7, 11) is -3.99. The molecule has 3 rings (SSSR count). The van der Waals surface area contributed by atoms with Crippen LogP contribution in [0.3, 0.4) is 0 Å². The van der Waals surface area contributed by atoms with E-state index in [1.807, 2.05) is 18.2 Å². The van der Waals surface area contributed by atoms with Gasteiger partial charge in [0.25, 0.3) is 0 Å². The van der Waals surface area contributed by atoms with Gasteiger partial charge in [-0.15, -0.1) is 0 Å². The molecule has 1 unspecified atom stereocenters. The Morgan fingerprint density at radius 1 is 1.17 bits per heavy atom. The first-order valence-corrected chi connectivity index (χ1v) is 8.97. The van der Waals surface area contributed by atoms with Gasteiger partial charge in [0.05, 0.1) is 5.02 Å². The number of phenols is 1. The molecule has 5 nitrogen and oxygen atoms in total. The summed E-state index contributed by atoms with van der Waals surface area (Å²) in [5.41, 5.74) is 0.496. The summed E-state index contributed by atoms with van der Waals surface area (Å²) >= 11 is 5.75. The van der Waals surface area contributed by atoms with E-state index in [1.54, 1.807) is 6.07 Å². The minimum atomic E-state index is -3.99. The van der Waals surface area contributed by atoms with Crippen LogP contribution in [0.2, 0.25) is 5.02 Å². The lowest BCUT2D eigenvalue weighted by Gasteiger charge is -2.24. The van der Waals surface area contributed by atoms with Gasteiger partial charge in [0.1, 0.15) is 10.5 Å². The van der Waals surface area contributed by atoms with Crippen LogP contribution in [0.1, 0.15) is 17.5 Å². The van der Waals surface area contributed by atoms with Crippen molar-refractivity contribution in [2.45, 2.75) is 23.3 Å². The second-order valence-electron chi connectivity index (χ2n) is 5.60. The van der Waals surface area contributed by atoms with Gasteiger partial charge in [-0.2, -0.15) is 0 Å². The molecule has 3 N–H and O–H groups in total. The summed E-state index contributed by atoms with van der Waals surface area (Å²) in [6, 6.07) is 11.5. The van der Waals surface area contributed by atoms with E-state index in [1.165, 1.54) is 18.2 Å².